The Balaban J connectivity index is 4.26. The summed E-state index contributed by atoms with van der Waals surface area (Å²) in [6.45, 7) is 11.3. The summed E-state index contributed by atoms with van der Waals surface area (Å²) in [5, 5.41) is 0. The molecule has 0 aliphatic heterocycles. The molecule has 56 heavy (non-hydrogen) atoms. The third-order valence-electron chi connectivity index (χ3n) is 11.2. The summed E-state index contributed by atoms with van der Waals surface area (Å²) in [6.07, 6.45) is 42.4. The average molecular weight is 793 g/mol. The zero-order chi connectivity index (χ0) is 41.2. The summed E-state index contributed by atoms with van der Waals surface area (Å²) in [5.74, 6) is 0.742. The first-order valence-corrected chi connectivity index (χ1v) is 24.7. The minimum atomic E-state index is -0.761. The smallest absolute Gasteiger partial charge is 0.306 e. The zero-order valence-electron chi connectivity index (χ0n) is 38.3. The lowest BCUT2D eigenvalue weighted by Gasteiger charge is -2.18. The van der Waals surface area contributed by atoms with Gasteiger partial charge in [0.25, 0.3) is 0 Å². The van der Waals surface area contributed by atoms with Crippen LogP contribution in [0.3, 0.4) is 0 Å². The number of esters is 3. The van der Waals surface area contributed by atoms with Crippen molar-refractivity contribution in [1.82, 2.24) is 0 Å². The summed E-state index contributed by atoms with van der Waals surface area (Å²) < 4.78 is 16.7. The molecule has 0 aromatic carbocycles. The van der Waals surface area contributed by atoms with Gasteiger partial charge in [-0.15, -0.1) is 0 Å². The van der Waals surface area contributed by atoms with Crippen molar-refractivity contribution in [2.24, 2.45) is 11.8 Å². The fraction of sp³-hybridized carbons (Fsp3) is 0.940. The highest BCUT2D eigenvalue weighted by Crippen LogP contribution is 2.17. The number of rotatable bonds is 44. The third-order valence-corrected chi connectivity index (χ3v) is 11.2. The molecule has 0 N–H and O–H groups in total. The number of unbranched alkanes of at least 4 members (excludes halogenated alkanes) is 29. The van der Waals surface area contributed by atoms with Gasteiger partial charge in [-0.2, -0.15) is 0 Å². The summed E-state index contributed by atoms with van der Waals surface area (Å²) in [4.78, 5) is 37.8. The van der Waals surface area contributed by atoms with Crippen LogP contribution in [-0.4, -0.2) is 37.2 Å². The first kappa shape index (κ1) is 54.4. The maximum atomic E-state index is 12.7. The second-order valence-electron chi connectivity index (χ2n) is 18.1. The van der Waals surface area contributed by atoms with Crippen molar-refractivity contribution in [2.45, 2.75) is 278 Å². The first-order chi connectivity index (χ1) is 27.2. The van der Waals surface area contributed by atoms with E-state index in [1.807, 2.05) is 0 Å². The van der Waals surface area contributed by atoms with Gasteiger partial charge in [0.1, 0.15) is 13.2 Å². The molecule has 332 valence electrons. The Bertz CT molecular complexity index is 854. The number of hydrogen-bond acceptors (Lipinski definition) is 6. The molecule has 0 radical (unpaired) electrons. The van der Waals surface area contributed by atoms with Gasteiger partial charge in [0, 0.05) is 19.3 Å². The number of hydrogen-bond donors (Lipinski definition) is 0. The van der Waals surface area contributed by atoms with E-state index in [1.54, 1.807) is 0 Å². The SMILES string of the molecule is CCCCCCCCCCCCCCCC(=O)OC[C@@H](COC(=O)CCCCCCCCCCCCCCCC(C)C)OC(=O)CCCCCCCCC(C)C. The second kappa shape index (κ2) is 43.0. The van der Waals surface area contributed by atoms with Crippen molar-refractivity contribution in [1.29, 1.82) is 0 Å². The Morgan fingerprint density at radius 1 is 0.339 bits per heavy atom. The molecule has 6 nitrogen and oxygen atoms in total. The summed E-state index contributed by atoms with van der Waals surface area (Å²) in [7, 11) is 0. The molecule has 0 saturated carbocycles. The van der Waals surface area contributed by atoms with Crippen LogP contribution >= 0.6 is 0 Å². The lowest BCUT2D eigenvalue weighted by Crippen LogP contribution is -2.30. The summed E-state index contributed by atoms with van der Waals surface area (Å²) >= 11 is 0. The number of carbonyl (C=O) groups is 3. The Morgan fingerprint density at radius 3 is 0.875 bits per heavy atom. The summed E-state index contributed by atoms with van der Waals surface area (Å²) in [6, 6.07) is 0. The first-order valence-electron chi connectivity index (χ1n) is 24.7. The van der Waals surface area contributed by atoms with Crippen LogP contribution in [-0.2, 0) is 28.6 Å². The van der Waals surface area contributed by atoms with Crippen molar-refractivity contribution < 1.29 is 28.6 Å². The molecule has 0 spiro atoms. The largest absolute Gasteiger partial charge is 0.462 e. The fourth-order valence-corrected chi connectivity index (χ4v) is 7.46. The van der Waals surface area contributed by atoms with Gasteiger partial charge < -0.3 is 14.2 Å². The fourth-order valence-electron chi connectivity index (χ4n) is 7.46. The van der Waals surface area contributed by atoms with E-state index in [-0.39, 0.29) is 31.1 Å². The molecule has 0 aromatic heterocycles. The molecule has 0 rings (SSSR count). The van der Waals surface area contributed by atoms with Crippen LogP contribution in [0.2, 0.25) is 0 Å². The molecule has 0 fully saturated rings. The van der Waals surface area contributed by atoms with Gasteiger partial charge in [0.15, 0.2) is 6.10 Å². The maximum Gasteiger partial charge on any atom is 0.306 e. The monoisotopic (exact) mass is 793 g/mol. The highest BCUT2D eigenvalue weighted by molar-refractivity contribution is 5.71. The Morgan fingerprint density at radius 2 is 0.589 bits per heavy atom. The van der Waals surface area contributed by atoms with Crippen LogP contribution < -0.4 is 0 Å². The van der Waals surface area contributed by atoms with E-state index in [0.29, 0.717) is 19.3 Å². The Hall–Kier alpha value is -1.59. The molecule has 0 amide bonds. The zero-order valence-corrected chi connectivity index (χ0v) is 38.3. The quantitative estimate of drug-likeness (QED) is 0.0347. The third kappa shape index (κ3) is 43.5. The van der Waals surface area contributed by atoms with Crippen molar-refractivity contribution in [2.75, 3.05) is 13.2 Å². The minimum Gasteiger partial charge on any atom is -0.462 e. The Kier molecular flexibility index (Phi) is 41.8. The molecule has 0 aromatic rings. The maximum absolute atomic E-state index is 12.7. The van der Waals surface area contributed by atoms with Gasteiger partial charge in [-0.3, -0.25) is 14.4 Å². The molecule has 0 aliphatic rings. The van der Waals surface area contributed by atoms with E-state index in [4.69, 9.17) is 14.2 Å². The summed E-state index contributed by atoms with van der Waals surface area (Å²) in [5.41, 5.74) is 0. The van der Waals surface area contributed by atoms with Crippen molar-refractivity contribution in [3.8, 4) is 0 Å². The van der Waals surface area contributed by atoms with E-state index in [2.05, 4.69) is 34.6 Å². The molecule has 0 bridgehead atoms. The Labute approximate surface area is 348 Å². The van der Waals surface area contributed by atoms with E-state index in [9.17, 15) is 14.4 Å². The lowest BCUT2D eigenvalue weighted by molar-refractivity contribution is -0.167. The van der Waals surface area contributed by atoms with Crippen molar-refractivity contribution in [3.05, 3.63) is 0 Å². The van der Waals surface area contributed by atoms with Gasteiger partial charge in [-0.05, 0) is 31.1 Å². The molecular formula is C50H96O6. The predicted molar refractivity (Wildman–Crippen MR) is 238 cm³/mol. The van der Waals surface area contributed by atoms with Gasteiger partial charge in [-0.1, -0.05) is 234 Å². The van der Waals surface area contributed by atoms with Gasteiger partial charge >= 0.3 is 17.9 Å². The average Bonchev–Trinajstić information content (AvgIpc) is 3.16. The number of ether oxygens (including phenoxy) is 3. The standard InChI is InChI=1S/C50H96O6/c1-6-7-8-9-10-11-12-14-18-21-24-30-35-40-48(51)54-43-47(56-50(53)42-37-32-27-26-29-34-39-46(4)5)44-55-49(52)41-36-31-25-22-19-16-13-15-17-20-23-28-33-38-45(2)3/h45-47H,6-44H2,1-5H3/t47-/m0/s1. The van der Waals surface area contributed by atoms with Crippen LogP contribution in [0.4, 0.5) is 0 Å². The van der Waals surface area contributed by atoms with Crippen LogP contribution in [0.1, 0.15) is 272 Å². The highest BCUT2D eigenvalue weighted by Gasteiger charge is 2.19. The van der Waals surface area contributed by atoms with Crippen LogP contribution in [0.15, 0.2) is 0 Å². The molecule has 1 atom stereocenters. The van der Waals surface area contributed by atoms with Crippen LogP contribution in [0.25, 0.3) is 0 Å². The van der Waals surface area contributed by atoms with Gasteiger partial charge in [0.05, 0.1) is 0 Å². The molecular weight excluding hydrogens is 697 g/mol. The molecule has 0 heterocycles. The van der Waals surface area contributed by atoms with Crippen molar-refractivity contribution >= 4 is 17.9 Å². The van der Waals surface area contributed by atoms with E-state index in [1.165, 1.54) is 161 Å². The van der Waals surface area contributed by atoms with Crippen LogP contribution in [0, 0.1) is 11.8 Å². The van der Waals surface area contributed by atoms with Crippen LogP contribution in [0.5, 0.6) is 0 Å². The highest BCUT2D eigenvalue weighted by atomic mass is 16.6. The molecule has 0 aliphatic carbocycles. The van der Waals surface area contributed by atoms with E-state index in [0.717, 1.165) is 69.6 Å². The predicted octanol–water partition coefficient (Wildman–Crippen LogP) is 15.8. The van der Waals surface area contributed by atoms with Gasteiger partial charge in [0.2, 0.25) is 0 Å². The van der Waals surface area contributed by atoms with Gasteiger partial charge in [-0.25, -0.2) is 0 Å². The van der Waals surface area contributed by atoms with E-state index >= 15 is 0 Å². The second-order valence-corrected chi connectivity index (χ2v) is 18.1. The molecule has 0 unspecified atom stereocenters. The molecule has 0 saturated heterocycles. The van der Waals surface area contributed by atoms with Crippen molar-refractivity contribution in [3.63, 3.8) is 0 Å². The topological polar surface area (TPSA) is 78.9 Å². The number of carbonyl (C=O) groups excluding carboxylic acids is 3. The molecule has 6 heteroatoms. The lowest BCUT2D eigenvalue weighted by atomic mass is 10.0. The van der Waals surface area contributed by atoms with E-state index < -0.39 is 6.10 Å². The minimum absolute atomic E-state index is 0.0650. The normalized spacial score (nSPS) is 12.1.